The Labute approximate surface area is 149 Å². The molecule has 5 nitrogen and oxygen atoms in total. The Morgan fingerprint density at radius 3 is 2.84 bits per heavy atom. The summed E-state index contributed by atoms with van der Waals surface area (Å²) in [6, 6.07) is 8.80. The van der Waals surface area contributed by atoms with Crippen LogP contribution in [0.4, 0.5) is 0 Å². The lowest BCUT2D eigenvalue weighted by Gasteiger charge is -2.32. The van der Waals surface area contributed by atoms with Crippen molar-refractivity contribution >= 4 is 5.97 Å². The molecule has 3 rings (SSSR count). The van der Waals surface area contributed by atoms with Gasteiger partial charge in [-0.3, -0.25) is 9.58 Å². The molecule has 1 aromatic heterocycles. The Bertz CT molecular complexity index is 766. The first kappa shape index (κ1) is 17.7. The number of carboxylic acid groups (broad SMARTS) is 1. The molecule has 1 aromatic carbocycles. The second kappa shape index (κ2) is 7.40. The lowest BCUT2D eigenvalue weighted by Crippen LogP contribution is -2.36. The van der Waals surface area contributed by atoms with Gasteiger partial charge < -0.3 is 5.11 Å². The first-order valence-corrected chi connectivity index (χ1v) is 9.07. The zero-order valence-corrected chi connectivity index (χ0v) is 15.3. The van der Waals surface area contributed by atoms with Crippen LogP contribution in [0, 0.1) is 6.92 Å². The van der Waals surface area contributed by atoms with Crippen molar-refractivity contribution in [3.05, 3.63) is 52.3 Å². The summed E-state index contributed by atoms with van der Waals surface area (Å²) in [5.41, 5.74) is 4.94. The van der Waals surface area contributed by atoms with Crippen molar-refractivity contribution in [1.29, 1.82) is 0 Å². The lowest BCUT2D eigenvalue weighted by atomic mass is 9.90. The molecule has 25 heavy (non-hydrogen) atoms. The summed E-state index contributed by atoms with van der Waals surface area (Å²) in [5, 5.41) is 13.9. The molecule has 0 bridgehead atoms. The summed E-state index contributed by atoms with van der Waals surface area (Å²) < 4.78 is 1.91. The number of benzene rings is 1. The van der Waals surface area contributed by atoms with E-state index in [0.717, 1.165) is 50.0 Å². The topological polar surface area (TPSA) is 58.4 Å². The maximum atomic E-state index is 11.6. The van der Waals surface area contributed by atoms with Crippen LogP contribution in [0.2, 0.25) is 0 Å². The van der Waals surface area contributed by atoms with Crippen LogP contribution in [0.1, 0.15) is 52.6 Å². The van der Waals surface area contributed by atoms with Crippen LogP contribution in [0.5, 0.6) is 0 Å². The standard InChI is InChI=1S/C20H27N3O2/c1-4-11-23-18-10-9-16(12-17(18)19(21-23)20(24)25)22(3)13-15-8-6-5-7-14(15)2/h5-8,16H,4,9-13H2,1-3H3,(H,24,25)/t16-/m1/s1. The Morgan fingerprint density at radius 2 is 2.16 bits per heavy atom. The van der Waals surface area contributed by atoms with E-state index in [2.05, 4.69) is 55.2 Å². The van der Waals surface area contributed by atoms with E-state index in [9.17, 15) is 9.90 Å². The highest BCUT2D eigenvalue weighted by molar-refractivity contribution is 5.87. The van der Waals surface area contributed by atoms with Gasteiger partial charge in [-0.1, -0.05) is 31.2 Å². The third kappa shape index (κ3) is 3.61. The van der Waals surface area contributed by atoms with E-state index in [-0.39, 0.29) is 5.69 Å². The second-order valence-electron chi connectivity index (χ2n) is 7.04. The third-order valence-electron chi connectivity index (χ3n) is 5.26. The molecule has 0 spiro atoms. The largest absolute Gasteiger partial charge is 0.476 e. The predicted molar refractivity (Wildman–Crippen MR) is 97.9 cm³/mol. The minimum absolute atomic E-state index is 0.248. The molecule has 5 heteroatoms. The highest BCUT2D eigenvalue weighted by Gasteiger charge is 2.30. The van der Waals surface area contributed by atoms with Gasteiger partial charge in [0.25, 0.3) is 0 Å². The van der Waals surface area contributed by atoms with Gasteiger partial charge in [0.1, 0.15) is 0 Å². The van der Waals surface area contributed by atoms with Crippen LogP contribution in [-0.4, -0.2) is 38.8 Å². The maximum absolute atomic E-state index is 11.6. The summed E-state index contributed by atoms with van der Waals surface area (Å²) in [5.74, 6) is -0.909. The van der Waals surface area contributed by atoms with Crippen LogP contribution >= 0.6 is 0 Å². The highest BCUT2D eigenvalue weighted by atomic mass is 16.4. The number of aromatic carboxylic acids is 1. The van der Waals surface area contributed by atoms with Gasteiger partial charge in [0.05, 0.1) is 0 Å². The Balaban J connectivity index is 1.80. The van der Waals surface area contributed by atoms with Gasteiger partial charge in [-0.25, -0.2) is 4.79 Å². The summed E-state index contributed by atoms with van der Waals surface area (Å²) >= 11 is 0. The lowest BCUT2D eigenvalue weighted by molar-refractivity contribution is 0.0687. The molecule has 0 fully saturated rings. The van der Waals surface area contributed by atoms with Crippen molar-refractivity contribution in [2.45, 2.75) is 58.7 Å². The molecule has 1 aliphatic carbocycles. The van der Waals surface area contributed by atoms with E-state index in [0.29, 0.717) is 6.04 Å². The molecule has 0 saturated carbocycles. The molecule has 0 saturated heterocycles. The molecule has 1 N–H and O–H groups in total. The first-order valence-electron chi connectivity index (χ1n) is 9.07. The van der Waals surface area contributed by atoms with Gasteiger partial charge >= 0.3 is 5.97 Å². The smallest absolute Gasteiger partial charge is 0.356 e. The molecule has 0 amide bonds. The molecule has 0 aliphatic heterocycles. The number of carbonyl (C=O) groups is 1. The summed E-state index contributed by atoms with van der Waals surface area (Å²) in [4.78, 5) is 14.0. The molecular weight excluding hydrogens is 314 g/mol. The number of hydrogen-bond donors (Lipinski definition) is 1. The summed E-state index contributed by atoms with van der Waals surface area (Å²) in [6.07, 6.45) is 3.68. The number of hydrogen-bond acceptors (Lipinski definition) is 3. The average Bonchev–Trinajstić information content (AvgIpc) is 2.95. The number of rotatable bonds is 6. The van der Waals surface area contributed by atoms with Gasteiger partial charge in [0.15, 0.2) is 5.69 Å². The van der Waals surface area contributed by atoms with Crippen LogP contribution in [0.15, 0.2) is 24.3 Å². The van der Waals surface area contributed by atoms with E-state index < -0.39 is 5.97 Å². The fourth-order valence-corrected chi connectivity index (χ4v) is 3.80. The maximum Gasteiger partial charge on any atom is 0.356 e. The number of fused-ring (bicyclic) bond motifs is 1. The van der Waals surface area contributed by atoms with Crippen LogP contribution in [0.25, 0.3) is 0 Å². The van der Waals surface area contributed by atoms with E-state index in [1.54, 1.807) is 0 Å². The predicted octanol–water partition coefficient (Wildman–Crippen LogP) is 3.29. The molecule has 1 heterocycles. The summed E-state index contributed by atoms with van der Waals surface area (Å²) in [6.45, 7) is 5.91. The SMILES string of the molecule is CCCn1nc(C(=O)O)c2c1CC[C@@H](N(C)Cc1ccccc1C)C2. The number of likely N-dealkylation sites (N-methyl/N-ethyl adjacent to an activating group) is 1. The number of nitrogens with zero attached hydrogens (tertiary/aromatic N) is 3. The Kier molecular flexibility index (Phi) is 5.23. The van der Waals surface area contributed by atoms with Crippen molar-refractivity contribution in [2.24, 2.45) is 0 Å². The number of carboxylic acids is 1. The summed E-state index contributed by atoms with van der Waals surface area (Å²) in [7, 11) is 2.14. The van der Waals surface area contributed by atoms with Crippen molar-refractivity contribution < 1.29 is 9.90 Å². The van der Waals surface area contributed by atoms with Gasteiger partial charge in [-0.05, 0) is 50.8 Å². The van der Waals surface area contributed by atoms with E-state index >= 15 is 0 Å². The molecule has 1 atom stereocenters. The molecule has 0 unspecified atom stereocenters. The van der Waals surface area contributed by atoms with Crippen LogP contribution < -0.4 is 0 Å². The average molecular weight is 341 g/mol. The highest BCUT2D eigenvalue weighted by Crippen LogP contribution is 2.28. The van der Waals surface area contributed by atoms with Crippen LogP contribution in [0.3, 0.4) is 0 Å². The van der Waals surface area contributed by atoms with Crippen molar-refractivity contribution in [2.75, 3.05) is 7.05 Å². The zero-order chi connectivity index (χ0) is 18.0. The molecule has 2 aromatic rings. The Hall–Kier alpha value is -2.14. The van der Waals surface area contributed by atoms with Gasteiger partial charge in [0.2, 0.25) is 0 Å². The zero-order valence-electron chi connectivity index (χ0n) is 15.3. The van der Waals surface area contributed by atoms with Crippen LogP contribution in [-0.2, 0) is 25.9 Å². The van der Waals surface area contributed by atoms with E-state index in [1.807, 2.05) is 4.68 Å². The fraction of sp³-hybridized carbons (Fsp3) is 0.500. The number of aryl methyl sites for hydroxylation is 2. The van der Waals surface area contributed by atoms with E-state index in [1.165, 1.54) is 11.1 Å². The van der Waals surface area contributed by atoms with Crippen molar-refractivity contribution in [3.63, 3.8) is 0 Å². The Morgan fingerprint density at radius 1 is 1.40 bits per heavy atom. The molecular formula is C20H27N3O2. The third-order valence-corrected chi connectivity index (χ3v) is 5.26. The normalized spacial score (nSPS) is 16.9. The minimum Gasteiger partial charge on any atom is -0.476 e. The molecule has 0 radical (unpaired) electrons. The quantitative estimate of drug-likeness (QED) is 0.876. The fourth-order valence-electron chi connectivity index (χ4n) is 3.80. The van der Waals surface area contributed by atoms with Gasteiger partial charge in [-0.15, -0.1) is 0 Å². The van der Waals surface area contributed by atoms with Gasteiger partial charge in [-0.2, -0.15) is 5.10 Å². The van der Waals surface area contributed by atoms with Crippen molar-refractivity contribution in [1.82, 2.24) is 14.7 Å². The monoisotopic (exact) mass is 341 g/mol. The minimum atomic E-state index is -0.909. The molecule has 1 aliphatic rings. The second-order valence-corrected chi connectivity index (χ2v) is 7.04. The van der Waals surface area contributed by atoms with Gasteiger partial charge in [0, 0.05) is 30.4 Å². The molecule has 134 valence electrons. The number of aromatic nitrogens is 2. The first-order chi connectivity index (χ1) is 12.0. The van der Waals surface area contributed by atoms with Crippen molar-refractivity contribution in [3.8, 4) is 0 Å². The van der Waals surface area contributed by atoms with E-state index in [4.69, 9.17) is 0 Å².